The lowest BCUT2D eigenvalue weighted by atomic mass is 10.2. The van der Waals surface area contributed by atoms with Gasteiger partial charge in [-0.3, -0.25) is 20.2 Å². The molecular weight excluding hydrogens is 454 g/mol. The number of carbonyl (C=O) groups excluding carboxylic acids is 1. The molecule has 0 spiro atoms. The smallest absolute Gasteiger partial charge is 0.289 e. The Kier molecular flexibility index (Phi) is 7.96. The van der Waals surface area contributed by atoms with Crippen molar-refractivity contribution in [3.63, 3.8) is 0 Å². The number of hydrogen-bond donors (Lipinski definition) is 2. The van der Waals surface area contributed by atoms with Gasteiger partial charge < -0.3 is 14.8 Å². The first kappa shape index (κ1) is 23.0. The van der Waals surface area contributed by atoms with Crippen LogP contribution in [0.3, 0.4) is 0 Å². The van der Waals surface area contributed by atoms with Gasteiger partial charge in [-0.2, -0.15) is 0 Å². The van der Waals surface area contributed by atoms with Crippen LogP contribution in [0.4, 0.5) is 11.4 Å². The molecule has 0 saturated heterocycles. The summed E-state index contributed by atoms with van der Waals surface area (Å²) >= 11 is 11.0. The lowest BCUT2D eigenvalue weighted by molar-refractivity contribution is -0.384. The normalized spacial score (nSPS) is 10.2. The quantitative estimate of drug-likeness (QED) is 0.210. The van der Waals surface area contributed by atoms with Gasteiger partial charge >= 0.3 is 0 Å². The van der Waals surface area contributed by atoms with Crippen molar-refractivity contribution >= 4 is 46.2 Å². The predicted molar refractivity (Wildman–Crippen MR) is 126 cm³/mol. The molecule has 0 unspecified atom stereocenters. The third-order valence-corrected chi connectivity index (χ3v) is 4.64. The van der Waals surface area contributed by atoms with E-state index in [0.717, 1.165) is 5.75 Å². The number of nitrogens with one attached hydrogen (secondary N) is 2. The van der Waals surface area contributed by atoms with E-state index in [1.165, 1.54) is 18.2 Å². The molecule has 164 valence electrons. The van der Waals surface area contributed by atoms with Gasteiger partial charge in [0.25, 0.3) is 11.6 Å². The molecule has 2 N–H and O–H groups in total. The number of ether oxygens (including phenoxy) is 2. The van der Waals surface area contributed by atoms with Crippen LogP contribution in [0.1, 0.15) is 10.4 Å². The van der Waals surface area contributed by atoms with E-state index in [9.17, 15) is 14.9 Å². The molecule has 0 aromatic heterocycles. The lowest BCUT2D eigenvalue weighted by Crippen LogP contribution is -2.34. The fourth-order valence-corrected chi connectivity index (χ4v) is 3.07. The largest absolute Gasteiger partial charge is 0.490 e. The maximum absolute atomic E-state index is 12.7. The van der Waals surface area contributed by atoms with E-state index in [1.54, 1.807) is 24.3 Å². The summed E-state index contributed by atoms with van der Waals surface area (Å²) in [6.45, 7) is 0.533. The molecule has 8 nitrogen and oxygen atoms in total. The molecular formula is C22H18ClN3O5S. The number of anilines is 1. The molecule has 0 aliphatic rings. The molecule has 10 heteroatoms. The van der Waals surface area contributed by atoms with Gasteiger partial charge in [-0.15, -0.1) is 0 Å². The number of hydrogen-bond acceptors (Lipinski definition) is 6. The van der Waals surface area contributed by atoms with Crippen molar-refractivity contribution in [1.29, 1.82) is 0 Å². The summed E-state index contributed by atoms with van der Waals surface area (Å²) in [5.41, 5.74) is 0.315. The number of nitro groups is 1. The number of carbonyl (C=O) groups is 1. The molecule has 0 atom stereocenters. The average Bonchev–Trinajstić information content (AvgIpc) is 2.78. The number of benzene rings is 3. The minimum atomic E-state index is -0.607. The summed E-state index contributed by atoms with van der Waals surface area (Å²) in [6, 6.07) is 20.1. The van der Waals surface area contributed by atoms with Crippen LogP contribution in [0.15, 0.2) is 72.8 Å². The second-order valence-electron chi connectivity index (χ2n) is 6.34. The Hall–Kier alpha value is -3.69. The standard InChI is InChI=1S/C22H18ClN3O5S/c23-18-11-10-15(14-19(18)26(28)29)24-22(32)25-21(27)17-8-4-5-9-20(17)31-13-12-30-16-6-2-1-3-7-16/h1-11,14H,12-13H2,(H2,24,25,27,32). The predicted octanol–water partition coefficient (Wildman–Crippen LogP) is 4.83. The summed E-state index contributed by atoms with van der Waals surface area (Å²) in [5, 5.41) is 16.2. The van der Waals surface area contributed by atoms with Crippen LogP contribution < -0.4 is 20.1 Å². The number of nitrogens with zero attached hydrogens (tertiary/aromatic N) is 1. The maximum Gasteiger partial charge on any atom is 0.289 e. The Morgan fingerprint density at radius 1 is 1.00 bits per heavy atom. The number of para-hydroxylation sites is 2. The number of amides is 1. The number of halogens is 1. The van der Waals surface area contributed by atoms with E-state index in [4.69, 9.17) is 33.3 Å². The minimum Gasteiger partial charge on any atom is -0.490 e. The highest BCUT2D eigenvalue weighted by Gasteiger charge is 2.16. The summed E-state index contributed by atoms with van der Waals surface area (Å²) < 4.78 is 11.3. The SMILES string of the molecule is O=C(NC(=S)Nc1ccc(Cl)c([N+](=O)[O-])c1)c1ccccc1OCCOc1ccccc1. The molecule has 3 aromatic carbocycles. The van der Waals surface area contributed by atoms with Gasteiger partial charge in [0.15, 0.2) is 5.11 Å². The van der Waals surface area contributed by atoms with Crippen molar-refractivity contribution in [3.05, 3.63) is 93.5 Å². The molecule has 0 fully saturated rings. The number of rotatable bonds is 8. The zero-order valence-corrected chi connectivity index (χ0v) is 18.2. The first-order chi connectivity index (χ1) is 15.4. The van der Waals surface area contributed by atoms with Crippen LogP contribution in [0.5, 0.6) is 11.5 Å². The first-order valence-electron chi connectivity index (χ1n) is 9.40. The van der Waals surface area contributed by atoms with Crippen LogP contribution >= 0.6 is 23.8 Å². The highest BCUT2D eigenvalue weighted by atomic mass is 35.5. The van der Waals surface area contributed by atoms with Crippen molar-refractivity contribution in [2.24, 2.45) is 0 Å². The summed E-state index contributed by atoms with van der Waals surface area (Å²) in [7, 11) is 0. The number of nitro benzene ring substituents is 1. The third-order valence-electron chi connectivity index (χ3n) is 4.11. The first-order valence-corrected chi connectivity index (χ1v) is 10.2. The van der Waals surface area contributed by atoms with Crippen LogP contribution in [-0.4, -0.2) is 29.2 Å². The molecule has 1 amide bonds. The highest BCUT2D eigenvalue weighted by Crippen LogP contribution is 2.27. The molecule has 0 heterocycles. The fraction of sp³-hybridized carbons (Fsp3) is 0.0909. The molecule has 0 aliphatic carbocycles. The van der Waals surface area contributed by atoms with Gasteiger partial charge in [-0.05, 0) is 48.6 Å². The molecule has 0 aliphatic heterocycles. The van der Waals surface area contributed by atoms with Crippen LogP contribution in [0.25, 0.3) is 0 Å². The number of thiocarbonyl (C=S) groups is 1. The highest BCUT2D eigenvalue weighted by molar-refractivity contribution is 7.80. The summed E-state index contributed by atoms with van der Waals surface area (Å²) in [5.74, 6) is 0.595. The van der Waals surface area contributed by atoms with Gasteiger partial charge in [0.2, 0.25) is 0 Å². The Balaban J connectivity index is 1.57. The van der Waals surface area contributed by atoms with E-state index in [1.807, 2.05) is 30.3 Å². The van der Waals surface area contributed by atoms with Crippen LogP contribution in [-0.2, 0) is 0 Å². The van der Waals surface area contributed by atoms with Crippen molar-refractivity contribution < 1.29 is 19.2 Å². The molecule has 32 heavy (non-hydrogen) atoms. The molecule has 3 rings (SSSR count). The van der Waals surface area contributed by atoms with Crippen molar-refractivity contribution in [2.45, 2.75) is 0 Å². The maximum atomic E-state index is 12.7. The van der Waals surface area contributed by atoms with Gasteiger partial charge in [0.1, 0.15) is 29.7 Å². The molecule has 3 aromatic rings. The summed E-state index contributed by atoms with van der Waals surface area (Å²) in [4.78, 5) is 23.1. The van der Waals surface area contributed by atoms with E-state index >= 15 is 0 Å². The van der Waals surface area contributed by atoms with Gasteiger partial charge in [0.05, 0.1) is 10.5 Å². The Morgan fingerprint density at radius 2 is 1.69 bits per heavy atom. The van der Waals surface area contributed by atoms with Crippen molar-refractivity contribution in [3.8, 4) is 11.5 Å². The zero-order chi connectivity index (χ0) is 22.9. The van der Waals surface area contributed by atoms with E-state index in [-0.39, 0.29) is 28.0 Å². The second-order valence-corrected chi connectivity index (χ2v) is 7.15. The van der Waals surface area contributed by atoms with Gasteiger partial charge in [0, 0.05) is 11.8 Å². The minimum absolute atomic E-state index is 0.00201. The van der Waals surface area contributed by atoms with Gasteiger partial charge in [-0.25, -0.2) is 0 Å². The monoisotopic (exact) mass is 471 g/mol. The van der Waals surface area contributed by atoms with Gasteiger partial charge in [-0.1, -0.05) is 41.9 Å². The fourth-order valence-electron chi connectivity index (χ4n) is 2.67. The van der Waals surface area contributed by atoms with Crippen LogP contribution in [0, 0.1) is 10.1 Å². The average molecular weight is 472 g/mol. The van der Waals surface area contributed by atoms with Crippen molar-refractivity contribution in [1.82, 2.24) is 5.32 Å². The second kappa shape index (κ2) is 11.1. The summed E-state index contributed by atoms with van der Waals surface area (Å²) in [6.07, 6.45) is 0. The molecule has 0 radical (unpaired) electrons. The Morgan fingerprint density at radius 3 is 2.44 bits per heavy atom. The lowest BCUT2D eigenvalue weighted by Gasteiger charge is -2.13. The topological polar surface area (TPSA) is 103 Å². The Labute approximate surface area is 194 Å². The zero-order valence-electron chi connectivity index (χ0n) is 16.6. The molecule has 0 bridgehead atoms. The third kappa shape index (κ3) is 6.40. The van der Waals surface area contributed by atoms with E-state index in [0.29, 0.717) is 18.0 Å². The Bertz CT molecular complexity index is 1130. The van der Waals surface area contributed by atoms with Crippen LogP contribution in [0.2, 0.25) is 5.02 Å². The van der Waals surface area contributed by atoms with E-state index in [2.05, 4.69) is 10.6 Å². The molecule has 0 saturated carbocycles. The van der Waals surface area contributed by atoms with E-state index < -0.39 is 10.8 Å². The van der Waals surface area contributed by atoms with Crippen molar-refractivity contribution in [2.75, 3.05) is 18.5 Å².